The number of carbonyl (C=O) groups excluding carboxylic acids is 1. The van der Waals surface area contributed by atoms with Gasteiger partial charge in [-0.25, -0.2) is 0 Å². The number of rotatable bonds is 5. The normalized spacial score (nSPS) is 24.4. The third kappa shape index (κ3) is 4.46. The lowest BCUT2D eigenvalue weighted by atomic mass is 9.75. The number of carbonyl (C=O) groups is 1. The Morgan fingerprint density at radius 2 is 1.84 bits per heavy atom. The molecule has 1 amide bonds. The standard InChI is InChI=1S/C15H29N3O/c1-15(2,3)11-6-8-18(9-7-11)10-13(14(16)19)17-12-4-5-12/h11-13,17H,4-10H2,1-3H3,(H2,16,19). The summed E-state index contributed by atoms with van der Waals surface area (Å²) in [5.74, 6) is 0.594. The van der Waals surface area contributed by atoms with E-state index in [1.807, 2.05) is 0 Å². The fourth-order valence-electron chi connectivity index (χ4n) is 3.00. The number of piperidine rings is 1. The smallest absolute Gasteiger partial charge is 0.235 e. The van der Waals surface area contributed by atoms with Crippen LogP contribution in [0.4, 0.5) is 0 Å². The Morgan fingerprint density at radius 1 is 1.26 bits per heavy atom. The average molecular weight is 267 g/mol. The highest BCUT2D eigenvalue weighted by Gasteiger charge is 2.32. The highest BCUT2D eigenvalue weighted by atomic mass is 16.1. The summed E-state index contributed by atoms with van der Waals surface area (Å²) in [6.07, 6.45) is 4.85. The number of nitrogens with zero attached hydrogens (tertiary/aromatic N) is 1. The quantitative estimate of drug-likeness (QED) is 0.790. The first kappa shape index (κ1) is 14.8. The molecule has 2 fully saturated rings. The van der Waals surface area contributed by atoms with E-state index in [2.05, 4.69) is 31.0 Å². The summed E-state index contributed by atoms with van der Waals surface area (Å²) < 4.78 is 0. The van der Waals surface area contributed by atoms with Gasteiger partial charge in [-0.05, 0) is 50.1 Å². The molecule has 0 aromatic carbocycles. The Labute approximate surface area is 117 Å². The molecule has 1 saturated carbocycles. The van der Waals surface area contributed by atoms with Crippen LogP contribution in [0.5, 0.6) is 0 Å². The molecule has 0 aromatic rings. The number of nitrogens with two attached hydrogens (primary N) is 1. The first-order valence-corrected chi connectivity index (χ1v) is 7.64. The highest BCUT2D eigenvalue weighted by molar-refractivity contribution is 5.80. The number of nitrogens with one attached hydrogen (secondary N) is 1. The Hall–Kier alpha value is -0.610. The molecule has 19 heavy (non-hydrogen) atoms. The van der Waals surface area contributed by atoms with Crippen LogP contribution in [-0.4, -0.2) is 42.5 Å². The van der Waals surface area contributed by atoms with Crippen LogP contribution in [0.2, 0.25) is 0 Å². The van der Waals surface area contributed by atoms with E-state index in [1.165, 1.54) is 25.7 Å². The van der Waals surface area contributed by atoms with E-state index in [4.69, 9.17) is 5.73 Å². The monoisotopic (exact) mass is 267 g/mol. The van der Waals surface area contributed by atoms with Crippen molar-refractivity contribution < 1.29 is 4.79 Å². The maximum atomic E-state index is 11.5. The van der Waals surface area contributed by atoms with Crippen molar-refractivity contribution in [1.29, 1.82) is 0 Å². The van der Waals surface area contributed by atoms with Crippen LogP contribution < -0.4 is 11.1 Å². The first-order valence-electron chi connectivity index (χ1n) is 7.64. The van der Waals surface area contributed by atoms with Crippen LogP contribution in [-0.2, 0) is 4.79 Å². The van der Waals surface area contributed by atoms with Crippen molar-refractivity contribution >= 4 is 5.91 Å². The largest absolute Gasteiger partial charge is 0.368 e. The molecule has 1 atom stereocenters. The molecule has 3 N–H and O–H groups in total. The molecule has 2 rings (SSSR count). The van der Waals surface area contributed by atoms with Crippen LogP contribution in [0.1, 0.15) is 46.5 Å². The van der Waals surface area contributed by atoms with E-state index in [9.17, 15) is 4.79 Å². The number of amides is 1. The van der Waals surface area contributed by atoms with Gasteiger partial charge >= 0.3 is 0 Å². The van der Waals surface area contributed by atoms with Gasteiger partial charge in [0.25, 0.3) is 0 Å². The molecule has 0 bridgehead atoms. The number of hydrogen-bond donors (Lipinski definition) is 2. The van der Waals surface area contributed by atoms with Crippen LogP contribution in [0.3, 0.4) is 0 Å². The van der Waals surface area contributed by atoms with Crippen LogP contribution in [0.25, 0.3) is 0 Å². The van der Waals surface area contributed by atoms with E-state index in [0.29, 0.717) is 11.5 Å². The van der Waals surface area contributed by atoms with Crippen molar-refractivity contribution in [3.05, 3.63) is 0 Å². The lowest BCUT2D eigenvalue weighted by molar-refractivity contribution is -0.120. The maximum Gasteiger partial charge on any atom is 0.235 e. The van der Waals surface area contributed by atoms with Crippen molar-refractivity contribution in [2.45, 2.75) is 58.5 Å². The summed E-state index contributed by atoms with van der Waals surface area (Å²) in [6, 6.07) is 0.364. The first-order chi connectivity index (χ1) is 8.86. The van der Waals surface area contributed by atoms with Gasteiger partial charge in [0.15, 0.2) is 0 Å². The van der Waals surface area contributed by atoms with E-state index in [0.717, 1.165) is 25.6 Å². The lowest BCUT2D eigenvalue weighted by Crippen LogP contribution is -2.51. The molecule has 1 unspecified atom stereocenters. The number of hydrogen-bond acceptors (Lipinski definition) is 3. The summed E-state index contributed by atoms with van der Waals surface area (Å²) in [6.45, 7) is 9.95. The molecule has 1 aliphatic carbocycles. The molecular formula is C15H29N3O. The zero-order chi connectivity index (χ0) is 14.0. The van der Waals surface area contributed by atoms with Gasteiger partial charge in [-0.2, -0.15) is 0 Å². The van der Waals surface area contributed by atoms with Crippen molar-refractivity contribution in [3.8, 4) is 0 Å². The Bertz CT molecular complexity index is 312. The lowest BCUT2D eigenvalue weighted by Gasteiger charge is -2.39. The molecule has 4 heteroatoms. The summed E-state index contributed by atoms with van der Waals surface area (Å²) in [5.41, 5.74) is 5.90. The van der Waals surface area contributed by atoms with Gasteiger partial charge in [-0.3, -0.25) is 4.79 Å². The average Bonchev–Trinajstić information content (AvgIpc) is 3.11. The fraction of sp³-hybridized carbons (Fsp3) is 0.933. The minimum absolute atomic E-state index is 0.168. The van der Waals surface area contributed by atoms with Crippen LogP contribution >= 0.6 is 0 Å². The predicted octanol–water partition coefficient (Wildman–Crippen LogP) is 1.35. The van der Waals surface area contributed by atoms with E-state index < -0.39 is 0 Å². The van der Waals surface area contributed by atoms with Gasteiger partial charge in [-0.1, -0.05) is 20.8 Å². The van der Waals surface area contributed by atoms with Gasteiger partial charge in [0.1, 0.15) is 0 Å². The topological polar surface area (TPSA) is 58.4 Å². The molecule has 1 heterocycles. The minimum atomic E-state index is -0.204. The maximum absolute atomic E-state index is 11.5. The van der Waals surface area contributed by atoms with Crippen LogP contribution in [0.15, 0.2) is 0 Å². The fourth-order valence-corrected chi connectivity index (χ4v) is 3.00. The Balaban J connectivity index is 1.78. The van der Waals surface area contributed by atoms with E-state index in [-0.39, 0.29) is 11.9 Å². The molecule has 1 aliphatic heterocycles. The zero-order valence-electron chi connectivity index (χ0n) is 12.6. The van der Waals surface area contributed by atoms with Gasteiger partial charge in [0.05, 0.1) is 6.04 Å². The Kier molecular flexibility index (Phi) is 4.51. The predicted molar refractivity (Wildman–Crippen MR) is 77.8 cm³/mol. The number of primary amides is 1. The van der Waals surface area contributed by atoms with E-state index in [1.54, 1.807) is 0 Å². The molecule has 0 radical (unpaired) electrons. The molecule has 1 saturated heterocycles. The molecule has 2 aliphatic rings. The van der Waals surface area contributed by atoms with Crippen molar-refractivity contribution in [1.82, 2.24) is 10.2 Å². The number of likely N-dealkylation sites (tertiary alicyclic amines) is 1. The molecule has 110 valence electrons. The molecule has 0 aromatic heterocycles. The van der Waals surface area contributed by atoms with Gasteiger partial charge in [0, 0.05) is 12.6 Å². The van der Waals surface area contributed by atoms with Crippen molar-refractivity contribution in [3.63, 3.8) is 0 Å². The van der Waals surface area contributed by atoms with Crippen molar-refractivity contribution in [2.24, 2.45) is 17.1 Å². The summed E-state index contributed by atoms with van der Waals surface area (Å²) in [5, 5.41) is 3.36. The SMILES string of the molecule is CC(C)(C)C1CCN(CC(NC2CC2)C(N)=O)CC1. The summed E-state index contributed by atoms with van der Waals surface area (Å²) in [7, 11) is 0. The third-order valence-electron chi connectivity index (χ3n) is 4.61. The van der Waals surface area contributed by atoms with Gasteiger partial charge in [0.2, 0.25) is 5.91 Å². The van der Waals surface area contributed by atoms with Gasteiger partial charge < -0.3 is 16.0 Å². The molecular weight excluding hydrogens is 238 g/mol. The second kappa shape index (κ2) is 5.80. The van der Waals surface area contributed by atoms with Gasteiger partial charge in [-0.15, -0.1) is 0 Å². The molecule has 4 nitrogen and oxygen atoms in total. The highest BCUT2D eigenvalue weighted by Crippen LogP contribution is 2.34. The van der Waals surface area contributed by atoms with Crippen molar-refractivity contribution in [2.75, 3.05) is 19.6 Å². The zero-order valence-corrected chi connectivity index (χ0v) is 12.6. The third-order valence-corrected chi connectivity index (χ3v) is 4.61. The second-order valence-electron chi connectivity index (χ2n) is 7.34. The summed E-state index contributed by atoms with van der Waals surface area (Å²) in [4.78, 5) is 13.9. The van der Waals surface area contributed by atoms with E-state index >= 15 is 0 Å². The molecule has 0 spiro atoms. The summed E-state index contributed by atoms with van der Waals surface area (Å²) >= 11 is 0. The minimum Gasteiger partial charge on any atom is -0.368 e. The van der Waals surface area contributed by atoms with Crippen LogP contribution in [0, 0.1) is 11.3 Å². The Morgan fingerprint density at radius 3 is 2.26 bits per heavy atom. The second-order valence-corrected chi connectivity index (χ2v) is 7.34.